The molecule has 0 bridgehead atoms. The van der Waals surface area contributed by atoms with Crippen LogP contribution < -0.4 is 0 Å². The number of furan rings is 1. The molecule has 11 aromatic rings. The Kier molecular flexibility index (Phi) is 6.46. The topological polar surface area (TPSA) is 13.1 Å². The molecule has 0 radical (unpaired) electrons. The lowest BCUT2D eigenvalue weighted by Crippen LogP contribution is -2.15. The van der Waals surface area contributed by atoms with Gasteiger partial charge in [0.1, 0.15) is 11.2 Å². The molecule has 0 amide bonds. The Bertz CT molecular complexity index is 3390. The van der Waals surface area contributed by atoms with Crippen LogP contribution >= 0.6 is 0 Å². The molecule has 1 aliphatic carbocycles. The number of hydrogen-bond acceptors (Lipinski definition) is 1. The van der Waals surface area contributed by atoms with Crippen molar-refractivity contribution in [1.82, 2.24) is 0 Å². The molecule has 0 N–H and O–H groups in total. The maximum Gasteiger partial charge on any atom is 0.136 e. The van der Waals surface area contributed by atoms with Crippen molar-refractivity contribution in [2.45, 2.75) is 19.3 Å². The van der Waals surface area contributed by atoms with E-state index in [1.54, 1.807) is 0 Å². The number of benzene rings is 10. The molecule has 0 saturated heterocycles. The largest absolute Gasteiger partial charge is 0.456 e. The normalized spacial score (nSPS) is 13.3. The van der Waals surface area contributed by atoms with Gasteiger partial charge in [0.05, 0.1) is 0 Å². The summed E-state index contributed by atoms with van der Waals surface area (Å²) in [6.07, 6.45) is 0. The third-order valence-corrected chi connectivity index (χ3v) is 12.6. The molecular formula is C55H36O. The SMILES string of the molecule is CC1(C)c2ccc(-c3cccc(-c4c5ccccc5c(-c5ccc6ccccc6c5)c5ccccc45)c3)cc2-c2ccc3ccc4oc5ccccc5c4c3c21. The van der Waals surface area contributed by atoms with Crippen molar-refractivity contribution in [3.63, 3.8) is 0 Å². The fourth-order valence-electron chi connectivity index (χ4n) is 10.1. The van der Waals surface area contributed by atoms with Crippen LogP contribution in [0.3, 0.4) is 0 Å². The monoisotopic (exact) mass is 712 g/mol. The maximum absolute atomic E-state index is 6.39. The average molecular weight is 713 g/mol. The van der Waals surface area contributed by atoms with Crippen LogP contribution in [-0.2, 0) is 5.41 Å². The summed E-state index contributed by atoms with van der Waals surface area (Å²) >= 11 is 0. The summed E-state index contributed by atoms with van der Waals surface area (Å²) < 4.78 is 6.39. The van der Waals surface area contributed by atoms with Crippen LogP contribution in [0.5, 0.6) is 0 Å². The molecule has 1 nitrogen and oxygen atoms in total. The van der Waals surface area contributed by atoms with Crippen molar-refractivity contribution in [2.24, 2.45) is 0 Å². The third kappa shape index (κ3) is 4.37. The van der Waals surface area contributed by atoms with Crippen LogP contribution in [0.2, 0.25) is 0 Å². The van der Waals surface area contributed by atoms with Crippen LogP contribution in [0, 0.1) is 0 Å². The highest BCUT2D eigenvalue weighted by Gasteiger charge is 2.38. The summed E-state index contributed by atoms with van der Waals surface area (Å²) in [5.41, 5.74) is 14.6. The first kappa shape index (κ1) is 31.4. The number of fused-ring (bicyclic) bond motifs is 12. The van der Waals surface area contributed by atoms with E-state index in [0.717, 1.165) is 11.2 Å². The van der Waals surface area contributed by atoms with E-state index >= 15 is 0 Å². The molecule has 56 heavy (non-hydrogen) atoms. The van der Waals surface area contributed by atoms with Gasteiger partial charge in [-0.15, -0.1) is 0 Å². The van der Waals surface area contributed by atoms with Gasteiger partial charge in [0.15, 0.2) is 0 Å². The summed E-state index contributed by atoms with van der Waals surface area (Å²) in [6.45, 7) is 4.77. The van der Waals surface area contributed by atoms with Crippen molar-refractivity contribution in [3.05, 3.63) is 193 Å². The molecule has 0 spiro atoms. The lowest BCUT2D eigenvalue weighted by molar-refractivity contribution is 0.665. The predicted octanol–water partition coefficient (Wildman–Crippen LogP) is 15.5. The molecule has 10 aromatic carbocycles. The Morgan fingerprint density at radius 2 is 0.929 bits per heavy atom. The second-order valence-electron chi connectivity index (χ2n) is 16.0. The van der Waals surface area contributed by atoms with Crippen molar-refractivity contribution in [2.75, 3.05) is 0 Å². The Hall–Kier alpha value is -6.96. The van der Waals surface area contributed by atoms with Gasteiger partial charge in [0, 0.05) is 16.2 Å². The van der Waals surface area contributed by atoms with Gasteiger partial charge in [-0.2, -0.15) is 0 Å². The fourth-order valence-corrected chi connectivity index (χ4v) is 10.1. The zero-order valence-electron chi connectivity index (χ0n) is 31.2. The highest BCUT2D eigenvalue weighted by Crippen LogP contribution is 2.54. The molecular weight excluding hydrogens is 677 g/mol. The second kappa shape index (κ2) is 11.5. The highest BCUT2D eigenvalue weighted by atomic mass is 16.3. The minimum atomic E-state index is -0.179. The maximum atomic E-state index is 6.39. The number of hydrogen-bond donors (Lipinski definition) is 0. The van der Waals surface area contributed by atoms with Crippen LogP contribution in [0.4, 0.5) is 0 Å². The third-order valence-electron chi connectivity index (χ3n) is 12.6. The lowest BCUT2D eigenvalue weighted by atomic mass is 9.79. The van der Waals surface area contributed by atoms with E-state index in [2.05, 4.69) is 196 Å². The molecule has 0 unspecified atom stereocenters. The van der Waals surface area contributed by atoms with Crippen LogP contribution in [0.15, 0.2) is 186 Å². The van der Waals surface area contributed by atoms with E-state index in [1.165, 1.54) is 109 Å². The summed E-state index contributed by atoms with van der Waals surface area (Å²) in [5, 5.41) is 12.5. The van der Waals surface area contributed by atoms with Gasteiger partial charge >= 0.3 is 0 Å². The quantitative estimate of drug-likeness (QED) is 0.166. The zero-order valence-corrected chi connectivity index (χ0v) is 31.2. The second-order valence-corrected chi connectivity index (χ2v) is 16.0. The van der Waals surface area contributed by atoms with Gasteiger partial charge < -0.3 is 4.42 Å². The van der Waals surface area contributed by atoms with Gasteiger partial charge in [0.25, 0.3) is 0 Å². The molecule has 0 fully saturated rings. The van der Waals surface area contributed by atoms with Gasteiger partial charge in [-0.05, 0) is 129 Å². The smallest absolute Gasteiger partial charge is 0.136 e. The fraction of sp³-hybridized carbons (Fsp3) is 0.0545. The Labute approximate surface area is 325 Å². The van der Waals surface area contributed by atoms with Gasteiger partial charge in [-0.25, -0.2) is 0 Å². The van der Waals surface area contributed by atoms with E-state index in [-0.39, 0.29) is 5.41 Å². The first-order valence-corrected chi connectivity index (χ1v) is 19.6. The summed E-state index contributed by atoms with van der Waals surface area (Å²) in [7, 11) is 0. The van der Waals surface area contributed by atoms with Crippen LogP contribution in [0.1, 0.15) is 25.0 Å². The van der Waals surface area contributed by atoms with Gasteiger partial charge in [0.2, 0.25) is 0 Å². The van der Waals surface area contributed by atoms with Crippen molar-refractivity contribution in [1.29, 1.82) is 0 Å². The summed E-state index contributed by atoms with van der Waals surface area (Å²) in [4.78, 5) is 0. The number of para-hydroxylation sites is 1. The minimum Gasteiger partial charge on any atom is -0.456 e. The molecule has 1 heterocycles. The minimum absolute atomic E-state index is 0.179. The van der Waals surface area contributed by atoms with E-state index in [9.17, 15) is 0 Å². The van der Waals surface area contributed by atoms with Gasteiger partial charge in [-0.1, -0.05) is 166 Å². The molecule has 12 rings (SSSR count). The highest BCUT2D eigenvalue weighted by molar-refractivity contribution is 6.23. The molecule has 0 aliphatic heterocycles. The average Bonchev–Trinajstić information content (AvgIpc) is 3.74. The van der Waals surface area contributed by atoms with Gasteiger partial charge in [-0.3, -0.25) is 0 Å². The van der Waals surface area contributed by atoms with Crippen molar-refractivity contribution in [3.8, 4) is 44.5 Å². The van der Waals surface area contributed by atoms with E-state index in [0.29, 0.717) is 0 Å². The van der Waals surface area contributed by atoms with Crippen LogP contribution in [0.25, 0.3) is 110 Å². The van der Waals surface area contributed by atoms with E-state index in [1.807, 2.05) is 0 Å². The van der Waals surface area contributed by atoms with Crippen molar-refractivity contribution < 1.29 is 4.42 Å². The Morgan fingerprint density at radius 3 is 1.68 bits per heavy atom. The summed E-state index contributed by atoms with van der Waals surface area (Å²) in [5.74, 6) is 0. The van der Waals surface area contributed by atoms with Crippen LogP contribution in [-0.4, -0.2) is 0 Å². The van der Waals surface area contributed by atoms with Crippen molar-refractivity contribution >= 4 is 65.0 Å². The summed E-state index contributed by atoms with van der Waals surface area (Å²) in [6, 6.07) is 67.2. The first-order valence-electron chi connectivity index (χ1n) is 19.6. The van der Waals surface area contributed by atoms with E-state index in [4.69, 9.17) is 4.42 Å². The first-order chi connectivity index (χ1) is 27.5. The Morgan fingerprint density at radius 1 is 0.357 bits per heavy atom. The molecule has 1 aliphatic rings. The lowest BCUT2D eigenvalue weighted by Gasteiger charge is -2.23. The van der Waals surface area contributed by atoms with E-state index < -0.39 is 0 Å². The molecule has 262 valence electrons. The predicted molar refractivity (Wildman–Crippen MR) is 238 cm³/mol. The molecule has 0 atom stereocenters. The zero-order chi connectivity index (χ0) is 37.1. The number of rotatable bonds is 3. The molecule has 1 aromatic heterocycles. The molecule has 0 saturated carbocycles. The Balaban J connectivity index is 1.04. The standard InChI is InChI=1S/C55H36O/c1-55(2)47-28-25-37(32-46(47)44-27-24-34-26-29-49-53(52(34)54(44)55)45-20-9-10-21-48(45)56-49)36-14-11-15-38(31-36)50-40-16-5-7-18-42(40)51(43-19-8-6-17-41(43)50)39-23-22-33-12-3-4-13-35(33)30-39/h3-32H,1-2H3. The molecule has 1 heteroatoms.